The zero-order valence-electron chi connectivity index (χ0n) is 26.0. The summed E-state index contributed by atoms with van der Waals surface area (Å²) in [6.07, 6.45) is 4.42. The minimum Gasteiger partial charge on any atom is -0.467 e. The molecule has 5 rings (SSSR count). The highest BCUT2D eigenvalue weighted by Gasteiger charge is 2.37. The van der Waals surface area contributed by atoms with Crippen LogP contribution in [0.3, 0.4) is 0 Å². The predicted molar refractivity (Wildman–Crippen MR) is 161 cm³/mol. The first-order valence-corrected chi connectivity index (χ1v) is 14.7. The van der Waals surface area contributed by atoms with Crippen molar-refractivity contribution in [2.75, 3.05) is 23.9 Å². The Balaban J connectivity index is 1.32. The van der Waals surface area contributed by atoms with E-state index in [1.165, 1.54) is 36.8 Å². The molecule has 0 spiro atoms. The third-order valence-corrected chi connectivity index (χ3v) is 7.42. The first kappa shape index (κ1) is 34.3. The van der Waals surface area contributed by atoms with Crippen molar-refractivity contribution in [2.45, 2.75) is 69.9 Å². The van der Waals surface area contributed by atoms with Crippen molar-refractivity contribution in [3.63, 3.8) is 0 Å². The second-order valence-electron chi connectivity index (χ2n) is 11.6. The van der Waals surface area contributed by atoms with Crippen molar-refractivity contribution in [3.8, 4) is 28.7 Å². The molecular weight excluding hydrogens is 645 g/mol. The van der Waals surface area contributed by atoms with Gasteiger partial charge in [-0.2, -0.15) is 27.1 Å². The summed E-state index contributed by atoms with van der Waals surface area (Å²) in [5.74, 6) is 0.133. The van der Waals surface area contributed by atoms with E-state index in [1.807, 2.05) is 0 Å². The summed E-state index contributed by atoms with van der Waals surface area (Å²) in [5.41, 5.74) is -2.36. The molecule has 0 saturated heterocycles. The van der Waals surface area contributed by atoms with E-state index >= 15 is 0 Å². The molecule has 48 heavy (non-hydrogen) atoms. The van der Waals surface area contributed by atoms with Crippen LogP contribution in [0.1, 0.15) is 51.6 Å². The minimum atomic E-state index is -4.85. The smallest absolute Gasteiger partial charge is 0.420 e. The van der Waals surface area contributed by atoms with E-state index in [1.54, 1.807) is 13.8 Å². The van der Waals surface area contributed by atoms with Gasteiger partial charge in [0.1, 0.15) is 17.0 Å². The Morgan fingerprint density at radius 2 is 1.73 bits per heavy atom. The summed E-state index contributed by atoms with van der Waals surface area (Å²) < 4.78 is 72.5. The lowest BCUT2D eigenvalue weighted by molar-refractivity contribution is -0.137. The molecular formula is C29H32F5N11O3. The molecule has 4 aromatic heterocycles. The number of halogens is 5. The largest absolute Gasteiger partial charge is 0.467 e. The van der Waals surface area contributed by atoms with Crippen LogP contribution in [0.5, 0.6) is 6.01 Å². The fraction of sp³-hybridized carbons (Fsp3) is 0.448. The van der Waals surface area contributed by atoms with Crippen LogP contribution in [0.25, 0.3) is 22.6 Å². The van der Waals surface area contributed by atoms with E-state index in [4.69, 9.17) is 4.74 Å². The van der Waals surface area contributed by atoms with Crippen LogP contribution < -0.4 is 20.3 Å². The van der Waals surface area contributed by atoms with Crippen LogP contribution in [-0.2, 0) is 6.18 Å². The van der Waals surface area contributed by atoms with Gasteiger partial charge in [0.15, 0.2) is 5.82 Å². The number of ether oxygens (including phenoxy) is 1. The molecule has 256 valence electrons. The van der Waals surface area contributed by atoms with E-state index in [-0.39, 0.29) is 46.8 Å². The molecule has 1 fully saturated rings. The van der Waals surface area contributed by atoms with Gasteiger partial charge >= 0.3 is 24.8 Å². The number of carbonyl (C=O) groups excluding carboxylic acids is 1. The van der Waals surface area contributed by atoms with Gasteiger partial charge in [-0.05, 0) is 45.6 Å². The number of rotatable bonds is 10. The van der Waals surface area contributed by atoms with Crippen molar-refractivity contribution in [3.05, 3.63) is 48.8 Å². The van der Waals surface area contributed by atoms with Crippen LogP contribution in [0, 0.1) is 0 Å². The fourth-order valence-electron chi connectivity index (χ4n) is 5.07. The van der Waals surface area contributed by atoms with E-state index < -0.39 is 35.6 Å². The molecule has 0 atom stereocenters. The minimum absolute atomic E-state index is 0.0307. The number of aliphatic hydroxyl groups is 1. The van der Waals surface area contributed by atoms with Gasteiger partial charge in [-0.25, -0.2) is 34.4 Å². The second-order valence-corrected chi connectivity index (χ2v) is 11.6. The average Bonchev–Trinajstić information content (AvgIpc) is 3.55. The number of alkyl halides is 5. The van der Waals surface area contributed by atoms with Gasteiger partial charge in [-0.3, -0.25) is 9.88 Å². The molecule has 14 nitrogen and oxygen atoms in total. The quantitative estimate of drug-likeness (QED) is 0.199. The maximum absolute atomic E-state index is 13.7. The van der Waals surface area contributed by atoms with Crippen LogP contribution in [0.4, 0.5) is 38.5 Å². The normalized spacial score (nSPS) is 16.9. The van der Waals surface area contributed by atoms with Crippen molar-refractivity contribution in [1.29, 1.82) is 0 Å². The van der Waals surface area contributed by atoms with Gasteiger partial charge in [-0.15, -0.1) is 0 Å². The van der Waals surface area contributed by atoms with Crippen LogP contribution in [0.2, 0.25) is 0 Å². The molecule has 0 bridgehead atoms. The van der Waals surface area contributed by atoms with Gasteiger partial charge in [0.05, 0.1) is 30.8 Å². The van der Waals surface area contributed by atoms with Crippen LogP contribution >= 0.6 is 0 Å². The highest BCUT2D eigenvalue weighted by molar-refractivity contribution is 5.91. The standard InChI is InChI=1S/C29H32F5N11O3/c1-28(2,47)15-40-27(46)45(22-14-35-21(13-36-22)16-10-38-26(48-3)39-11-16)18-6-4-17(5-7-18)41-25-37-12-19(29(32,33)34)23(42-25)20-8-9-44(43-20)24(30)31/h8-14,17-18,24,47H,4-7,15H2,1-3H3,(H,40,46)(H,37,41,42)/t17-,18-. The second kappa shape index (κ2) is 14.0. The molecule has 19 heteroatoms. The Bertz CT molecular complexity index is 1690. The van der Waals surface area contributed by atoms with Crippen molar-refractivity contribution >= 4 is 17.8 Å². The lowest BCUT2D eigenvalue weighted by Crippen LogP contribution is -2.51. The van der Waals surface area contributed by atoms with E-state index in [2.05, 4.69) is 45.6 Å². The number of urea groups is 1. The van der Waals surface area contributed by atoms with E-state index in [0.717, 1.165) is 12.3 Å². The maximum Gasteiger partial charge on any atom is 0.420 e. The summed E-state index contributed by atoms with van der Waals surface area (Å²) in [4.78, 5) is 39.8. The summed E-state index contributed by atoms with van der Waals surface area (Å²) in [5, 5.41) is 19.5. The lowest BCUT2D eigenvalue weighted by Gasteiger charge is -2.36. The molecule has 1 aliphatic carbocycles. The van der Waals surface area contributed by atoms with Crippen LogP contribution in [0.15, 0.2) is 43.2 Å². The number of anilines is 2. The summed E-state index contributed by atoms with van der Waals surface area (Å²) in [6, 6.07) is 0.0829. The number of hydrogen-bond donors (Lipinski definition) is 3. The van der Waals surface area contributed by atoms with Gasteiger partial charge in [-0.1, -0.05) is 0 Å². The van der Waals surface area contributed by atoms with E-state index in [0.29, 0.717) is 43.1 Å². The fourth-order valence-corrected chi connectivity index (χ4v) is 5.07. The summed E-state index contributed by atoms with van der Waals surface area (Å²) in [7, 11) is 1.45. The maximum atomic E-state index is 13.7. The number of hydrogen-bond acceptors (Lipinski definition) is 11. The Kier molecular flexibility index (Phi) is 9.97. The third kappa shape index (κ3) is 8.25. The van der Waals surface area contributed by atoms with Gasteiger partial charge < -0.3 is 20.5 Å². The molecule has 0 radical (unpaired) electrons. The zero-order chi connectivity index (χ0) is 34.6. The predicted octanol–water partition coefficient (Wildman–Crippen LogP) is 4.72. The molecule has 1 aliphatic rings. The van der Waals surface area contributed by atoms with Crippen molar-refractivity contribution in [1.82, 2.24) is 45.0 Å². The highest BCUT2D eigenvalue weighted by Crippen LogP contribution is 2.36. The molecule has 4 aromatic rings. The van der Waals surface area contributed by atoms with Gasteiger partial charge in [0.2, 0.25) is 5.95 Å². The first-order valence-electron chi connectivity index (χ1n) is 14.7. The molecule has 1 saturated carbocycles. The first-order chi connectivity index (χ1) is 22.7. The zero-order valence-corrected chi connectivity index (χ0v) is 26.0. The SMILES string of the molecule is COc1ncc(-c2cnc(N(C(=O)NCC(C)(C)O)[C@H]3CC[C@H](Nc4ncc(C(F)(F)F)c(-c5ccn(C(F)F)n5)n4)CC3)cn2)cn1. The number of nitrogens with one attached hydrogen (secondary N) is 2. The number of amides is 2. The Labute approximate surface area is 270 Å². The number of methoxy groups -OCH3 is 1. The summed E-state index contributed by atoms with van der Waals surface area (Å²) >= 11 is 0. The van der Waals surface area contributed by atoms with E-state index in [9.17, 15) is 31.9 Å². The number of nitrogens with zero attached hydrogens (tertiary/aromatic N) is 9. The van der Waals surface area contributed by atoms with Crippen LogP contribution in [-0.4, -0.2) is 82.2 Å². The Morgan fingerprint density at radius 3 is 2.29 bits per heavy atom. The number of aromatic nitrogens is 8. The molecule has 3 N–H and O–H groups in total. The van der Waals surface area contributed by atoms with Crippen molar-refractivity contribution in [2.24, 2.45) is 0 Å². The Hall–Kier alpha value is -5.07. The average molecular weight is 678 g/mol. The topological polar surface area (TPSA) is 169 Å². The number of carbonyl (C=O) groups is 1. The molecule has 0 aliphatic heterocycles. The highest BCUT2D eigenvalue weighted by atomic mass is 19.4. The van der Waals surface area contributed by atoms with Gasteiger partial charge in [0, 0.05) is 49.0 Å². The molecule has 2 amide bonds. The van der Waals surface area contributed by atoms with Gasteiger partial charge in [0.25, 0.3) is 0 Å². The monoisotopic (exact) mass is 677 g/mol. The van der Waals surface area contributed by atoms with Crippen molar-refractivity contribution < 1.29 is 36.6 Å². The Morgan fingerprint density at radius 1 is 1.02 bits per heavy atom. The molecule has 0 unspecified atom stereocenters. The third-order valence-electron chi connectivity index (χ3n) is 7.42. The molecule has 4 heterocycles. The summed E-state index contributed by atoms with van der Waals surface area (Å²) in [6.45, 7) is 0.0431. The molecule has 0 aromatic carbocycles. The lowest BCUT2D eigenvalue weighted by atomic mass is 9.90.